The topological polar surface area (TPSA) is 76.6 Å². The maximum atomic E-state index is 12.8. The average molecular weight is 396 g/mol. The van der Waals surface area contributed by atoms with Crippen LogP contribution in [0, 0.1) is 0 Å². The number of aromatic nitrogens is 2. The molecule has 1 fully saturated rings. The second-order valence-electron chi connectivity index (χ2n) is 6.21. The highest BCUT2D eigenvalue weighted by Crippen LogP contribution is 2.28. The van der Waals surface area contributed by atoms with Crippen LogP contribution in [0.3, 0.4) is 0 Å². The third-order valence-electron chi connectivity index (χ3n) is 4.20. The molecule has 0 radical (unpaired) electrons. The average Bonchev–Trinajstić information content (AvgIpc) is 2.68. The van der Waals surface area contributed by atoms with Crippen LogP contribution >= 0.6 is 0 Å². The Morgan fingerprint density at radius 3 is 2.68 bits per heavy atom. The molecule has 2 amide bonds. The van der Waals surface area contributed by atoms with E-state index in [1.165, 1.54) is 0 Å². The van der Waals surface area contributed by atoms with E-state index in [9.17, 15) is 18.0 Å². The molecule has 0 aliphatic carbocycles. The summed E-state index contributed by atoms with van der Waals surface area (Å²) in [5.74, 6) is 0.672. The molecule has 3 rings (SSSR count). The van der Waals surface area contributed by atoms with Gasteiger partial charge in [-0.2, -0.15) is 18.2 Å². The SMILES string of the molecule is COc1ccc(NC(=O)N2CCCC(Oc3nccc(C(F)(F)F)n3)C2)cc1. The van der Waals surface area contributed by atoms with Crippen LogP contribution in [0.25, 0.3) is 0 Å². The minimum atomic E-state index is -4.57. The van der Waals surface area contributed by atoms with Crippen molar-refractivity contribution in [3.63, 3.8) is 0 Å². The molecule has 28 heavy (non-hydrogen) atoms. The predicted octanol–water partition coefficient (Wildman–Crippen LogP) is 3.58. The van der Waals surface area contributed by atoms with Crippen molar-refractivity contribution in [1.29, 1.82) is 0 Å². The number of alkyl halides is 3. The molecule has 0 bridgehead atoms. The van der Waals surface area contributed by atoms with E-state index in [1.54, 1.807) is 36.3 Å². The summed E-state index contributed by atoms with van der Waals surface area (Å²) in [5.41, 5.74) is -0.461. The lowest BCUT2D eigenvalue weighted by molar-refractivity contribution is -0.141. The molecule has 10 heteroatoms. The fraction of sp³-hybridized carbons (Fsp3) is 0.389. The smallest absolute Gasteiger partial charge is 0.433 e. The van der Waals surface area contributed by atoms with Gasteiger partial charge in [0.2, 0.25) is 0 Å². The Morgan fingerprint density at radius 1 is 1.25 bits per heavy atom. The van der Waals surface area contributed by atoms with Gasteiger partial charge in [-0.25, -0.2) is 9.78 Å². The molecule has 1 aliphatic heterocycles. The van der Waals surface area contributed by atoms with E-state index in [4.69, 9.17) is 9.47 Å². The number of halogens is 3. The van der Waals surface area contributed by atoms with Gasteiger partial charge in [-0.15, -0.1) is 0 Å². The van der Waals surface area contributed by atoms with Gasteiger partial charge < -0.3 is 19.7 Å². The predicted molar refractivity (Wildman–Crippen MR) is 94.3 cm³/mol. The summed E-state index contributed by atoms with van der Waals surface area (Å²) in [4.78, 5) is 21.1. The number of carbonyl (C=O) groups excluding carboxylic acids is 1. The van der Waals surface area contributed by atoms with E-state index in [2.05, 4.69) is 15.3 Å². The first-order valence-electron chi connectivity index (χ1n) is 8.62. The molecule has 1 aromatic carbocycles. The summed E-state index contributed by atoms with van der Waals surface area (Å²) in [7, 11) is 1.55. The Labute approximate surface area is 159 Å². The normalized spacial score (nSPS) is 17.1. The van der Waals surface area contributed by atoms with Crippen molar-refractivity contribution >= 4 is 11.7 Å². The van der Waals surface area contributed by atoms with E-state index >= 15 is 0 Å². The summed E-state index contributed by atoms with van der Waals surface area (Å²) < 4.78 is 48.8. The maximum Gasteiger partial charge on any atom is 0.433 e. The number of amides is 2. The summed E-state index contributed by atoms with van der Waals surface area (Å²) >= 11 is 0. The van der Waals surface area contributed by atoms with Gasteiger partial charge in [-0.1, -0.05) is 0 Å². The Hall–Kier alpha value is -3.04. The van der Waals surface area contributed by atoms with Crippen molar-refractivity contribution in [3.8, 4) is 11.8 Å². The van der Waals surface area contributed by atoms with Gasteiger partial charge in [0.1, 0.15) is 11.9 Å². The highest BCUT2D eigenvalue weighted by molar-refractivity contribution is 5.89. The lowest BCUT2D eigenvalue weighted by Gasteiger charge is -2.32. The number of anilines is 1. The number of hydrogen-bond donors (Lipinski definition) is 1. The number of benzene rings is 1. The lowest BCUT2D eigenvalue weighted by atomic mass is 10.1. The van der Waals surface area contributed by atoms with Crippen LogP contribution < -0.4 is 14.8 Å². The van der Waals surface area contributed by atoms with Crippen LogP contribution in [-0.2, 0) is 6.18 Å². The molecule has 7 nitrogen and oxygen atoms in total. The quantitative estimate of drug-likeness (QED) is 0.855. The van der Waals surface area contributed by atoms with Crippen molar-refractivity contribution in [1.82, 2.24) is 14.9 Å². The number of methoxy groups -OCH3 is 1. The molecule has 150 valence electrons. The van der Waals surface area contributed by atoms with Crippen molar-refractivity contribution in [2.75, 3.05) is 25.5 Å². The monoisotopic (exact) mass is 396 g/mol. The number of rotatable bonds is 4. The third-order valence-corrected chi connectivity index (χ3v) is 4.20. The Morgan fingerprint density at radius 2 is 2.00 bits per heavy atom. The molecule has 2 heterocycles. The molecule has 1 unspecified atom stereocenters. The molecular formula is C18H19F3N4O3. The Bertz CT molecular complexity index is 814. The molecule has 1 N–H and O–H groups in total. The van der Waals surface area contributed by atoms with Gasteiger partial charge in [0.25, 0.3) is 0 Å². The van der Waals surface area contributed by atoms with Gasteiger partial charge in [0, 0.05) is 18.4 Å². The molecule has 1 atom stereocenters. The first-order chi connectivity index (χ1) is 13.3. The Balaban J connectivity index is 1.59. The third kappa shape index (κ3) is 5.02. The number of piperidine rings is 1. The van der Waals surface area contributed by atoms with Crippen molar-refractivity contribution in [2.24, 2.45) is 0 Å². The number of nitrogens with zero attached hydrogens (tertiary/aromatic N) is 3. The zero-order valence-electron chi connectivity index (χ0n) is 15.1. The number of likely N-dealkylation sites (tertiary alicyclic amines) is 1. The maximum absolute atomic E-state index is 12.8. The minimum absolute atomic E-state index is 0.224. The van der Waals surface area contributed by atoms with Gasteiger partial charge >= 0.3 is 18.2 Å². The van der Waals surface area contributed by atoms with Crippen LogP contribution in [0.1, 0.15) is 18.5 Å². The van der Waals surface area contributed by atoms with Crippen LogP contribution in [0.4, 0.5) is 23.7 Å². The second kappa shape index (κ2) is 8.32. The molecular weight excluding hydrogens is 377 g/mol. The second-order valence-corrected chi connectivity index (χ2v) is 6.21. The van der Waals surface area contributed by atoms with E-state index in [0.29, 0.717) is 30.8 Å². The summed E-state index contributed by atoms with van der Waals surface area (Å²) in [5, 5.41) is 2.77. The Kier molecular flexibility index (Phi) is 5.86. The van der Waals surface area contributed by atoms with Crippen molar-refractivity contribution < 1.29 is 27.4 Å². The van der Waals surface area contributed by atoms with Gasteiger partial charge in [0.15, 0.2) is 5.69 Å². The zero-order chi connectivity index (χ0) is 20.1. The van der Waals surface area contributed by atoms with E-state index in [-0.39, 0.29) is 18.6 Å². The number of carbonyl (C=O) groups is 1. The van der Waals surface area contributed by atoms with Crippen LogP contribution in [0.5, 0.6) is 11.8 Å². The van der Waals surface area contributed by atoms with E-state index in [0.717, 1.165) is 12.3 Å². The number of hydrogen-bond acceptors (Lipinski definition) is 5. The number of ether oxygens (including phenoxy) is 2. The number of urea groups is 1. The van der Waals surface area contributed by atoms with Crippen molar-refractivity contribution in [3.05, 3.63) is 42.2 Å². The first-order valence-corrected chi connectivity index (χ1v) is 8.62. The molecule has 2 aromatic rings. The summed E-state index contributed by atoms with van der Waals surface area (Å²) in [6.07, 6.45) is -2.81. The standard InChI is InChI=1S/C18H19F3N4O3/c1-27-13-6-4-12(5-7-13)23-17(26)25-10-2-3-14(11-25)28-16-22-9-8-15(24-16)18(19,20)21/h4-9,14H,2-3,10-11H2,1H3,(H,23,26). The van der Waals surface area contributed by atoms with Gasteiger partial charge in [-0.3, -0.25) is 0 Å². The van der Waals surface area contributed by atoms with E-state index in [1.807, 2.05) is 0 Å². The van der Waals surface area contributed by atoms with Crippen molar-refractivity contribution in [2.45, 2.75) is 25.1 Å². The molecule has 0 saturated carbocycles. The fourth-order valence-corrected chi connectivity index (χ4v) is 2.80. The molecule has 1 aliphatic rings. The van der Waals surface area contributed by atoms with Gasteiger partial charge in [0.05, 0.1) is 13.7 Å². The molecule has 0 spiro atoms. The molecule has 1 aromatic heterocycles. The van der Waals surface area contributed by atoms with E-state index < -0.39 is 18.0 Å². The van der Waals surface area contributed by atoms with Gasteiger partial charge in [-0.05, 0) is 43.2 Å². The minimum Gasteiger partial charge on any atom is -0.497 e. The number of nitrogens with one attached hydrogen (secondary N) is 1. The summed E-state index contributed by atoms with van der Waals surface area (Å²) in [6, 6.07) is 6.99. The highest BCUT2D eigenvalue weighted by atomic mass is 19.4. The highest BCUT2D eigenvalue weighted by Gasteiger charge is 2.33. The van der Waals surface area contributed by atoms with Crippen LogP contribution in [-0.4, -0.2) is 47.2 Å². The zero-order valence-corrected chi connectivity index (χ0v) is 15.1. The fourth-order valence-electron chi connectivity index (χ4n) is 2.80. The van der Waals surface area contributed by atoms with Crippen LogP contribution in [0.2, 0.25) is 0 Å². The lowest BCUT2D eigenvalue weighted by Crippen LogP contribution is -2.46. The first kappa shape index (κ1) is 19.7. The molecule has 1 saturated heterocycles. The van der Waals surface area contributed by atoms with Crippen LogP contribution in [0.15, 0.2) is 36.5 Å². The largest absolute Gasteiger partial charge is 0.497 e. The summed E-state index contributed by atoms with van der Waals surface area (Å²) in [6.45, 7) is 0.743.